The molecule has 0 N–H and O–H groups in total. The van der Waals surface area contributed by atoms with Gasteiger partial charge in [0.25, 0.3) is 0 Å². The van der Waals surface area contributed by atoms with E-state index in [1.54, 1.807) is 0 Å². The van der Waals surface area contributed by atoms with Gasteiger partial charge in [-0.25, -0.2) is 0 Å². The van der Waals surface area contributed by atoms with Gasteiger partial charge in [-0.05, 0) is 47.0 Å². The molecule has 0 aliphatic rings. The monoisotopic (exact) mass is 575 g/mol. The molecule has 2 heterocycles. The molecule has 0 radical (unpaired) electrons. The Morgan fingerprint density at radius 2 is 0.889 bits per heavy atom. The van der Waals surface area contributed by atoms with E-state index in [2.05, 4.69) is 180 Å². The molecule has 0 amide bonds. The van der Waals surface area contributed by atoms with Crippen molar-refractivity contribution in [3.63, 3.8) is 0 Å². The van der Waals surface area contributed by atoms with Crippen LogP contribution in [0.15, 0.2) is 180 Å². The van der Waals surface area contributed by atoms with Gasteiger partial charge in [0.15, 0.2) is 0 Å². The molecule has 0 spiro atoms. The van der Waals surface area contributed by atoms with E-state index in [1.165, 1.54) is 38.5 Å². The minimum Gasteiger partial charge on any atom is -0.456 e. The summed E-state index contributed by atoms with van der Waals surface area (Å²) in [6.07, 6.45) is 0. The van der Waals surface area contributed by atoms with E-state index in [-0.39, 0.29) is 0 Å². The number of aromatic nitrogens is 1. The number of rotatable bonds is 5. The average molecular weight is 576 g/mol. The first-order chi connectivity index (χ1) is 22.3. The number of nitrogens with zero attached hydrogens (tertiary/aromatic N) is 1. The molecule has 212 valence electrons. The number of furan rings is 1. The molecule has 0 atom stereocenters. The maximum absolute atomic E-state index is 6.89. The minimum atomic E-state index is -0.590. The summed E-state index contributed by atoms with van der Waals surface area (Å²) < 4.78 is 9.26. The Balaban J connectivity index is 1.36. The molecule has 9 rings (SSSR count). The lowest BCUT2D eigenvalue weighted by atomic mass is 9.65. The number of hydrogen-bond acceptors (Lipinski definition) is 1. The van der Waals surface area contributed by atoms with Gasteiger partial charge in [0.2, 0.25) is 0 Å². The van der Waals surface area contributed by atoms with Gasteiger partial charge < -0.3 is 8.98 Å². The molecule has 9 aromatic rings. The molecule has 0 saturated heterocycles. The Morgan fingerprint density at radius 1 is 0.400 bits per heavy atom. The van der Waals surface area contributed by atoms with Crippen LogP contribution in [-0.4, -0.2) is 4.57 Å². The molecular formula is C43H29NO. The summed E-state index contributed by atoms with van der Waals surface area (Å²) in [4.78, 5) is 0. The van der Waals surface area contributed by atoms with E-state index in [9.17, 15) is 0 Å². The van der Waals surface area contributed by atoms with Crippen molar-refractivity contribution >= 4 is 43.7 Å². The molecule has 2 aromatic heterocycles. The van der Waals surface area contributed by atoms with Gasteiger partial charge in [-0.2, -0.15) is 0 Å². The van der Waals surface area contributed by atoms with Crippen LogP contribution in [0.1, 0.15) is 22.3 Å². The second kappa shape index (κ2) is 10.1. The van der Waals surface area contributed by atoms with Gasteiger partial charge in [0, 0.05) is 32.8 Å². The Bertz CT molecular complexity index is 2320. The molecule has 0 unspecified atom stereocenters. The van der Waals surface area contributed by atoms with Crippen molar-refractivity contribution in [2.45, 2.75) is 5.41 Å². The summed E-state index contributed by atoms with van der Waals surface area (Å²) in [7, 11) is 0. The van der Waals surface area contributed by atoms with Crippen LogP contribution in [0.4, 0.5) is 0 Å². The molecule has 45 heavy (non-hydrogen) atoms. The highest BCUT2D eigenvalue weighted by Gasteiger charge is 2.40. The van der Waals surface area contributed by atoms with Crippen LogP contribution in [0.2, 0.25) is 0 Å². The standard InChI is InChI=1S/C43H29NO/c1-4-15-30(16-5-1)43(31-17-6-2-7-18-31,32-19-8-3-9-20-32)38-24-14-23-36-37-29-33(27-28-41(37)45-42(36)38)44-39-25-12-10-21-34(39)35-22-11-13-26-40(35)44/h1-29H. The van der Waals surface area contributed by atoms with Crippen LogP contribution in [0.5, 0.6) is 0 Å². The Kier molecular flexibility index (Phi) is 5.76. The Labute approximate surface area is 261 Å². The smallest absolute Gasteiger partial charge is 0.140 e. The first-order valence-corrected chi connectivity index (χ1v) is 15.4. The maximum Gasteiger partial charge on any atom is 0.140 e. The highest BCUT2D eigenvalue weighted by Crippen LogP contribution is 2.49. The highest BCUT2D eigenvalue weighted by molar-refractivity contribution is 6.11. The topological polar surface area (TPSA) is 18.1 Å². The Hall–Kier alpha value is -5.86. The first kappa shape index (κ1) is 25.6. The van der Waals surface area contributed by atoms with E-state index in [1.807, 2.05) is 0 Å². The molecule has 0 saturated carbocycles. The maximum atomic E-state index is 6.89. The number of benzene rings is 7. The third-order valence-electron chi connectivity index (χ3n) is 9.34. The second-order valence-corrected chi connectivity index (χ2v) is 11.7. The van der Waals surface area contributed by atoms with Crippen molar-refractivity contribution in [3.05, 3.63) is 198 Å². The fourth-order valence-electron chi connectivity index (χ4n) is 7.45. The van der Waals surface area contributed by atoms with Crippen molar-refractivity contribution in [1.82, 2.24) is 4.57 Å². The van der Waals surface area contributed by atoms with Crippen molar-refractivity contribution in [1.29, 1.82) is 0 Å². The van der Waals surface area contributed by atoms with Crippen molar-refractivity contribution in [2.24, 2.45) is 0 Å². The van der Waals surface area contributed by atoms with Gasteiger partial charge >= 0.3 is 0 Å². The number of para-hydroxylation sites is 3. The van der Waals surface area contributed by atoms with Crippen molar-refractivity contribution in [3.8, 4) is 5.69 Å². The molecule has 0 fully saturated rings. The van der Waals surface area contributed by atoms with Crippen LogP contribution in [-0.2, 0) is 5.41 Å². The zero-order valence-electron chi connectivity index (χ0n) is 24.6. The third kappa shape index (κ3) is 3.76. The summed E-state index contributed by atoms with van der Waals surface area (Å²) >= 11 is 0. The summed E-state index contributed by atoms with van der Waals surface area (Å²) in [5, 5.41) is 4.73. The van der Waals surface area contributed by atoms with Crippen LogP contribution in [0, 0.1) is 0 Å². The summed E-state index contributed by atoms with van der Waals surface area (Å²) in [6, 6.07) is 63.0. The molecule has 7 aromatic carbocycles. The molecule has 0 bridgehead atoms. The lowest BCUT2D eigenvalue weighted by Crippen LogP contribution is -2.31. The van der Waals surface area contributed by atoms with E-state index < -0.39 is 5.41 Å². The van der Waals surface area contributed by atoms with Crippen molar-refractivity contribution < 1.29 is 4.42 Å². The molecule has 2 heteroatoms. The predicted octanol–water partition coefficient (Wildman–Crippen LogP) is 11.1. The van der Waals surface area contributed by atoms with Gasteiger partial charge in [-0.1, -0.05) is 146 Å². The van der Waals surface area contributed by atoms with Crippen LogP contribution < -0.4 is 0 Å². The van der Waals surface area contributed by atoms with Crippen LogP contribution >= 0.6 is 0 Å². The zero-order valence-corrected chi connectivity index (χ0v) is 24.6. The van der Waals surface area contributed by atoms with Gasteiger partial charge in [0.05, 0.1) is 16.4 Å². The quantitative estimate of drug-likeness (QED) is 0.187. The molecule has 0 aliphatic heterocycles. The normalized spacial score (nSPS) is 12.0. The SMILES string of the molecule is c1ccc(C(c2ccccc2)(c2ccccc2)c2cccc3c2oc2ccc(-n4c5ccccc5c5ccccc54)cc23)cc1. The van der Waals surface area contributed by atoms with E-state index in [4.69, 9.17) is 4.42 Å². The largest absolute Gasteiger partial charge is 0.456 e. The second-order valence-electron chi connectivity index (χ2n) is 11.7. The van der Waals surface area contributed by atoms with Crippen LogP contribution in [0.25, 0.3) is 49.4 Å². The minimum absolute atomic E-state index is 0.590. The highest BCUT2D eigenvalue weighted by atomic mass is 16.3. The first-order valence-electron chi connectivity index (χ1n) is 15.4. The van der Waals surface area contributed by atoms with E-state index >= 15 is 0 Å². The van der Waals surface area contributed by atoms with Crippen molar-refractivity contribution in [2.75, 3.05) is 0 Å². The zero-order chi connectivity index (χ0) is 29.8. The predicted molar refractivity (Wildman–Crippen MR) is 186 cm³/mol. The summed E-state index contributed by atoms with van der Waals surface area (Å²) in [6.45, 7) is 0. The lowest BCUT2D eigenvalue weighted by molar-refractivity contribution is 0.645. The fourth-order valence-corrected chi connectivity index (χ4v) is 7.45. The number of fused-ring (bicyclic) bond motifs is 6. The van der Waals surface area contributed by atoms with Gasteiger partial charge in [-0.3, -0.25) is 0 Å². The average Bonchev–Trinajstić information content (AvgIpc) is 3.66. The molecular weight excluding hydrogens is 546 g/mol. The van der Waals surface area contributed by atoms with Crippen LogP contribution in [0.3, 0.4) is 0 Å². The molecule has 2 nitrogen and oxygen atoms in total. The summed E-state index contributed by atoms with van der Waals surface area (Å²) in [5.74, 6) is 0. The molecule has 0 aliphatic carbocycles. The Morgan fingerprint density at radius 3 is 1.44 bits per heavy atom. The number of hydrogen-bond donors (Lipinski definition) is 0. The fraction of sp³-hybridized carbons (Fsp3) is 0.0233. The van der Waals surface area contributed by atoms with E-state index in [0.29, 0.717) is 0 Å². The third-order valence-corrected chi connectivity index (χ3v) is 9.34. The van der Waals surface area contributed by atoms with Gasteiger partial charge in [0.1, 0.15) is 11.2 Å². The summed E-state index contributed by atoms with van der Waals surface area (Å²) in [5.41, 5.74) is 9.42. The van der Waals surface area contributed by atoms with E-state index in [0.717, 1.165) is 33.2 Å². The van der Waals surface area contributed by atoms with Gasteiger partial charge in [-0.15, -0.1) is 0 Å². The lowest BCUT2D eigenvalue weighted by Gasteiger charge is -2.36.